The lowest BCUT2D eigenvalue weighted by Crippen LogP contribution is -2.23. The van der Waals surface area contributed by atoms with Gasteiger partial charge in [-0.1, -0.05) is 25.6 Å². The molecule has 2 N–H and O–H groups in total. The maximum atomic E-state index is 4.16. The molecule has 1 aromatic heterocycles. The molecule has 0 fully saturated rings. The third-order valence-corrected chi connectivity index (χ3v) is 2.66. The minimum atomic E-state index is 0.567. The first-order valence-corrected chi connectivity index (χ1v) is 5.57. The van der Waals surface area contributed by atoms with Crippen molar-refractivity contribution in [2.45, 2.75) is 30.7 Å². The maximum absolute atomic E-state index is 4.16. The Morgan fingerprint density at radius 2 is 2.54 bits per heavy atom. The molecule has 1 rings (SSSR count). The van der Waals surface area contributed by atoms with Crippen LogP contribution in [0.2, 0.25) is 0 Å². The van der Waals surface area contributed by atoms with Crippen LogP contribution in [0.15, 0.2) is 17.6 Å². The van der Waals surface area contributed by atoms with E-state index >= 15 is 0 Å². The molecule has 1 atom stereocenters. The number of thioether (sulfide) groups is 1. The number of aromatic amines is 1. The van der Waals surface area contributed by atoms with Crippen molar-refractivity contribution in [3.8, 4) is 0 Å². The van der Waals surface area contributed by atoms with Crippen molar-refractivity contribution < 1.29 is 0 Å². The zero-order chi connectivity index (χ0) is 9.52. The van der Waals surface area contributed by atoms with Gasteiger partial charge < -0.3 is 10.3 Å². The van der Waals surface area contributed by atoms with Crippen LogP contribution in [0.1, 0.15) is 20.3 Å². The second kappa shape index (κ2) is 6.05. The molecule has 0 bridgehead atoms. The summed E-state index contributed by atoms with van der Waals surface area (Å²) in [6, 6.07) is 0. The molecular formula is C9H17N3S. The number of H-pyrrole nitrogens is 1. The molecule has 0 aliphatic heterocycles. The SMILES string of the molecule is CCCNCC(C)Sc1ncc[nH]1. The summed E-state index contributed by atoms with van der Waals surface area (Å²) in [5.74, 6) is 0. The van der Waals surface area contributed by atoms with Gasteiger partial charge in [0.05, 0.1) is 0 Å². The zero-order valence-corrected chi connectivity index (χ0v) is 9.03. The van der Waals surface area contributed by atoms with E-state index in [1.54, 1.807) is 18.0 Å². The van der Waals surface area contributed by atoms with Crippen LogP contribution in [0.4, 0.5) is 0 Å². The summed E-state index contributed by atoms with van der Waals surface area (Å²) in [5.41, 5.74) is 0. The fourth-order valence-corrected chi connectivity index (χ4v) is 1.87. The van der Waals surface area contributed by atoms with E-state index in [0.717, 1.165) is 18.2 Å². The van der Waals surface area contributed by atoms with Crippen molar-refractivity contribution in [3.63, 3.8) is 0 Å². The Labute approximate surface area is 83.7 Å². The monoisotopic (exact) mass is 199 g/mol. The molecule has 4 heteroatoms. The van der Waals surface area contributed by atoms with Gasteiger partial charge in [0.15, 0.2) is 5.16 Å². The topological polar surface area (TPSA) is 40.7 Å². The molecule has 0 amide bonds. The van der Waals surface area contributed by atoms with Gasteiger partial charge in [0, 0.05) is 24.2 Å². The lowest BCUT2D eigenvalue weighted by molar-refractivity contribution is 0.668. The normalized spacial score (nSPS) is 13.1. The van der Waals surface area contributed by atoms with Crippen molar-refractivity contribution in [2.75, 3.05) is 13.1 Å². The molecule has 74 valence electrons. The highest BCUT2D eigenvalue weighted by Crippen LogP contribution is 2.17. The second-order valence-electron chi connectivity index (χ2n) is 3.03. The van der Waals surface area contributed by atoms with Crippen LogP contribution in [-0.2, 0) is 0 Å². The number of rotatable bonds is 6. The quantitative estimate of drug-likeness (QED) is 0.543. The summed E-state index contributed by atoms with van der Waals surface area (Å²) in [6.45, 7) is 6.52. The van der Waals surface area contributed by atoms with E-state index in [1.165, 1.54) is 6.42 Å². The summed E-state index contributed by atoms with van der Waals surface area (Å²) in [5, 5.41) is 4.96. The van der Waals surface area contributed by atoms with Gasteiger partial charge >= 0.3 is 0 Å². The molecule has 0 saturated heterocycles. The molecule has 3 nitrogen and oxygen atoms in total. The van der Waals surface area contributed by atoms with E-state index in [0.29, 0.717) is 5.25 Å². The molecule has 0 saturated carbocycles. The van der Waals surface area contributed by atoms with Gasteiger partial charge in [-0.25, -0.2) is 4.98 Å². The van der Waals surface area contributed by atoms with Crippen LogP contribution in [0, 0.1) is 0 Å². The van der Waals surface area contributed by atoms with Gasteiger partial charge in [0.25, 0.3) is 0 Å². The molecular weight excluding hydrogens is 182 g/mol. The van der Waals surface area contributed by atoms with Crippen molar-refractivity contribution in [3.05, 3.63) is 12.4 Å². The Morgan fingerprint density at radius 3 is 3.15 bits per heavy atom. The van der Waals surface area contributed by atoms with Crippen molar-refractivity contribution in [2.24, 2.45) is 0 Å². The number of nitrogens with one attached hydrogen (secondary N) is 2. The highest BCUT2D eigenvalue weighted by atomic mass is 32.2. The van der Waals surface area contributed by atoms with Crippen LogP contribution >= 0.6 is 11.8 Å². The molecule has 1 heterocycles. The molecule has 0 spiro atoms. The first kappa shape index (κ1) is 10.6. The summed E-state index contributed by atoms with van der Waals surface area (Å²) in [6.07, 6.45) is 4.83. The molecule has 0 aliphatic carbocycles. The summed E-state index contributed by atoms with van der Waals surface area (Å²) in [4.78, 5) is 7.25. The predicted octanol–water partition coefficient (Wildman–Crippen LogP) is 1.89. The third kappa shape index (κ3) is 4.33. The van der Waals surface area contributed by atoms with Crippen LogP contribution in [-0.4, -0.2) is 28.3 Å². The highest BCUT2D eigenvalue weighted by molar-refractivity contribution is 7.99. The van der Waals surface area contributed by atoms with Crippen molar-refractivity contribution >= 4 is 11.8 Å². The Kier molecular flexibility index (Phi) is 4.93. The molecule has 1 unspecified atom stereocenters. The van der Waals surface area contributed by atoms with Crippen LogP contribution < -0.4 is 5.32 Å². The average Bonchev–Trinajstić information content (AvgIpc) is 2.57. The molecule has 0 aliphatic rings. The smallest absolute Gasteiger partial charge is 0.165 e. The summed E-state index contributed by atoms with van der Waals surface area (Å²) >= 11 is 1.77. The standard InChI is InChI=1S/C9H17N3S/c1-3-4-10-7-8(2)13-9-11-5-6-12-9/h5-6,8,10H,3-4,7H2,1-2H3,(H,11,12). The van der Waals surface area contributed by atoms with E-state index < -0.39 is 0 Å². The van der Waals surface area contributed by atoms with Crippen molar-refractivity contribution in [1.29, 1.82) is 0 Å². The fourth-order valence-electron chi connectivity index (χ4n) is 1.03. The first-order chi connectivity index (χ1) is 6.33. The average molecular weight is 199 g/mol. The van der Waals surface area contributed by atoms with E-state index in [-0.39, 0.29) is 0 Å². The first-order valence-electron chi connectivity index (χ1n) is 4.69. The predicted molar refractivity (Wildman–Crippen MR) is 57.1 cm³/mol. The number of aromatic nitrogens is 2. The largest absolute Gasteiger partial charge is 0.340 e. The van der Waals surface area contributed by atoms with Gasteiger partial charge in [-0.05, 0) is 13.0 Å². The van der Waals surface area contributed by atoms with Crippen molar-refractivity contribution in [1.82, 2.24) is 15.3 Å². The maximum Gasteiger partial charge on any atom is 0.165 e. The molecule has 13 heavy (non-hydrogen) atoms. The van der Waals surface area contributed by atoms with Gasteiger partial charge in [-0.3, -0.25) is 0 Å². The van der Waals surface area contributed by atoms with Crippen LogP contribution in [0.5, 0.6) is 0 Å². The number of hydrogen-bond acceptors (Lipinski definition) is 3. The van der Waals surface area contributed by atoms with E-state index in [2.05, 4.69) is 29.1 Å². The van der Waals surface area contributed by atoms with Crippen LogP contribution in [0.3, 0.4) is 0 Å². The Bertz CT molecular complexity index is 211. The Balaban J connectivity index is 2.14. The fraction of sp³-hybridized carbons (Fsp3) is 0.667. The van der Waals surface area contributed by atoms with Gasteiger partial charge in [-0.2, -0.15) is 0 Å². The van der Waals surface area contributed by atoms with E-state index in [9.17, 15) is 0 Å². The van der Waals surface area contributed by atoms with Gasteiger partial charge in [-0.15, -0.1) is 0 Å². The Hall–Kier alpha value is -0.480. The lowest BCUT2D eigenvalue weighted by Gasteiger charge is -2.09. The molecule has 0 aromatic carbocycles. The van der Waals surface area contributed by atoms with Gasteiger partial charge in [0.1, 0.15) is 0 Å². The van der Waals surface area contributed by atoms with E-state index in [1.807, 2.05) is 6.20 Å². The third-order valence-electron chi connectivity index (χ3n) is 1.64. The zero-order valence-electron chi connectivity index (χ0n) is 8.21. The minimum Gasteiger partial charge on any atom is -0.340 e. The van der Waals surface area contributed by atoms with Gasteiger partial charge in [0.2, 0.25) is 0 Å². The summed E-state index contributed by atoms with van der Waals surface area (Å²) in [7, 11) is 0. The van der Waals surface area contributed by atoms with Crippen LogP contribution in [0.25, 0.3) is 0 Å². The number of hydrogen-bond donors (Lipinski definition) is 2. The number of imidazole rings is 1. The molecule has 1 aromatic rings. The molecule has 0 radical (unpaired) electrons. The Morgan fingerprint density at radius 1 is 1.69 bits per heavy atom. The lowest BCUT2D eigenvalue weighted by atomic mass is 10.4. The highest BCUT2D eigenvalue weighted by Gasteiger charge is 2.04. The number of nitrogens with zero attached hydrogens (tertiary/aromatic N) is 1. The minimum absolute atomic E-state index is 0.567. The van der Waals surface area contributed by atoms with E-state index in [4.69, 9.17) is 0 Å². The second-order valence-corrected chi connectivity index (χ2v) is 4.45. The summed E-state index contributed by atoms with van der Waals surface area (Å²) < 4.78 is 0.